The molecule has 0 spiro atoms. The Morgan fingerprint density at radius 1 is 1.33 bits per heavy atom. The number of carbonyl (C=O) groups is 2. The fourth-order valence-corrected chi connectivity index (χ4v) is 2.77. The molecular formula is C16H20BrNO3. The molecule has 4 nitrogen and oxygen atoms in total. The Morgan fingerprint density at radius 2 is 1.95 bits per heavy atom. The van der Waals surface area contributed by atoms with Crippen molar-refractivity contribution in [3.8, 4) is 0 Å². The second-order valence-corrected chi connectivity index (χ2v) is 6.51. The zero-order valence-corrected chi connectivity index (χ0v) is 13.6. The van der Waals surface area contributed by atoms with Crippen LogP contribution in [0.15, 0.2) is 28.7 Å². The maximum absolute atomic E-state index is 12.5. The van der Waals surface area contributed by atoms with Crippen LogP contribution in [0.2, 0.25) is 0 Å². The molecule has 0 heterocycles. The average molecular weight is 354 g/mol. The Hall–Kier alpha value is -1.36. The lowest BCUT2D eigenvalue weighted by Gasteiger charge is -2.20. The first-order valence-corrected chi connectivity index (χ1v) is 8.09. The molecular weight excluding hydrogens is 334 g/mol. The summed E-state index contributed by atoms with van der Waals surface area (Å²) in [4.78, 5) is 23.8. The second-order valence-electron chi connectivity index (χ2n) is 5.60. The molecule has 21 heavy (non-hydrogen) atoms. The Bertz CT molecular complexity index is 523. The maximum Gasteiger partial charge on any atom is 0.326 e. The molecule has 1 aromatic rings. The number of amides is 1. The van der Waals surface area contributed by atoms with Crippen molar-refractivity contribution in [2.24, 2.45) is 0 Å². The summed E-state index contributed by atoms with van der Waals surface area (Å²) >= 11 is 3.38. The van der Waals surface area contributed by atoms with Crippen molar-refractivity contribution in [1.29, 1.82) is 0 Å². The van der Waals surface area contributed by atoms with Gasteiger partial charge in [-0.1, -0.05) is 47.8 Å². The van der Waals surface area contributed by atoms with Gasteiger partial charge in [0.05, 0.1) is 5.41 Å². The quantitative estimate of drug-likeness (QED) is 0.790. The molecule has 1 saturated carbocycles. The van der Waals surface area contributed by atoms with Gasteiger partial charge in [-0.3, -0.25) is 4.79 Å². The Kier molecular flexibility index (Phi) is 5.04. The normalized spacial score (nSPS) is 17.0. The topological polar surface area (TPSA) is 66.4 Å². The number of hydrogen-bond donors (Lipinski definition) is 2. The molecule has 0 saturated heterocycles. The standard InChI is InChI=1S/C16H20BrNO3/c1-2-3-4-13(14(19)20)18-15(21)16(9-10-16)11-5-7-12(17)8-6-11/h5-8,13H,2-4,9-10H2,1H3,(H,18,21)(H,19,20). The van der Waals surface area contributed by atoms with Crippen LogP contribution in [-0.4, -0.2) is 23.0 Å². The largest absolute Gasteiger partial charge is 0.480 e. The van der Waals surface area contributed by atoms with Crippen molar-refractivity contribution in [3.63, 3.8) is 0 Å². The van der Waals surface area contributed by atoms with Gasteiger partial charge in [0.25, 0.3) is 0 Å². The fourth-order valence-electron chi connectivity index (χ4n) is 2.50. The van der Waals surface area contributed by atoms with E-state index >= 15 is 0 Å². The zero-order valence-electron chi connectivity index (χ0n) is 12.1. The van der Waals surface area contributed by atoms with Gasteiger partial charge in [-0.2, -0.15) is 0 Å². The van der Waals surface area contributed by atoms with E-state index in [9.17, 15) is 14.7 Å². The highest BCUT2D eigenvalue weighted by Crippen LogP contribution is 2.48. The number of rotatable bonds is 7. The summed E-state index contributed by atoms with van der Waals surface area (Å²) in [6.07, 6.45) is 3.75. The molecule has 1 atom stereocenters. The SMILES string of the molecule is CCCCC(NC(=O)C1(c2ccc(Br)cc2)CC1)C(=O)O. The third-order valence-electron chi connectivity index (χ3n) is 4.03. The minimum atomic E-state index is -0.955. The smallest absolute Gasteiger partial charge is 0.326 e. The van der Waals surface area contributed by atoms with E-state index in [2.05, 4.69) is 21.2 Å². The molecule has 0 aromatic heterocycles. The van der Waals surface area contributed by atoms with E-state index in [4.69, 9.17) is 0 Å². The van der Waals surface area contributed by atoms with Crippen molar-refractivity contribution < 1.29 is 14.7 Å². The van der Waals surface area contributed by atoms with Crippen molar-refractivity contribution in [3.05, 3.63) is 34.3 Å². The third kappa shape index (κ3) is 3.64. The van der Waals surface area contributed by atoms with Crippen LogP contribution in [0.1, 0.15) is 44.6 Å². The summed E-state index contributed by atoms with van der Waals surface area (Å²) in [5, 5.41) is 11.9. The van der Waals surface area contributed by atoms with Gasteiger partial charge in [0.15, 0.2) is 0 Å². The van der Waals surface area contributed by atoms with Crippen LogP contribution in [0.4, 0.5) is 0 Å². The zero-order chi connectivity index (χ0) is 15.5. The third-order valence-corrected chi connectivity index (χ3v) is 4.56. The molecule has 0 radical (unpaired) electrons. The second kappa shape index (κ2) is 6.60. The summed E-state index contributed by atoms with van der Waals surface area (Å²) in [6.45, 7) is 2.00. The van der Waals surface area contributed by atoms with Gasteiger partial charge in [-0.05, 0) is 37.0 Å². The van der Waals surface area contributed by atoms with E-state index in [1.807, 2.05) is 31.2 Å². The molecule has 1 aliphatic rings. The number of hydrogen-bond acceptors (Lipinski definition) is 2. The molecule has 1 fully saturated rings. The molecule has 1 unspecified atom stereocenters. The van der Waals surface area contributed by atoms with Gasteiger partial charge in [-0.15, -0.1) is 0 Å². The molecule has 114 valence electrons. The van der Waals surface area contributed by atoms with Gasteiger partial charge in [0.1, 0.15) is 6.04 Å². The van der Waals surface area contributed by atoms with Crippen molar-refractivity contribution in [1.82, 2.24) is 5.32 Å². The van der Waals surface area contributed by atoms with E-state index in [0.29, 0.717) is 6.42 Å². The Morgan fingerprint density at radius 3 is 2.43 bits per heavy atom. The minimum Gasteiger partial charge on any atom is -0.480 e. The molecule has 1 aliphatic carbocycles. The first-order valence-electron chi connectivity index (χ1n) is 7.29. The lowest BCUT2D eigenvalue weighted by Crippen LogP contribution is -2.45. The number of carboxylic acids is 1. The molecule has 1 amide bonds. The van der Waals surface area contributed by atoms with Crippen molar-refractivity contribution >= 4 is 27.8 Å². The number of nitrogens with one attached hydrogen (secondary N) is 1. The van der Waals surface area contributed by atoms with Gasteiger partial charge >= 0.3 is 5.97 Å². The first-order chi connectivity index (χ1) is 9.99. The van der Waals surface area contributed by atoms with E-state index in [1.54, 1.807) is 0 Å². The summed E-state index contributed by atoms with van der Waals surface area (Å²) in [7, 11) is 0. The van der Waals surface area contributed by atoms with E-state index in [1.165, 1.54) is 0 Å². The summed E-state index contributed by atoms with van der Waals surface area (Å²) in [5.74, 6) is -1.11. The van der Waals surface area contributed by atoms with Gasteiger partial charge in [0.2, 0.25) is 5.91 Å². The van der Waals surface area contributed by atoms with Crippen LogP contribution in [0.5, 0.6) is 0 Å². The van der Waals surface area contributed by atoms with E-state index in [-0.39, 0.29) is 5.91 Å². The Labute approximate surface area is 133 Å². The summed E-state index contributed by atoms with van der Waals surface area (Å²) < 4.78 is 0.966. The molecule has 0 bridgehead atoms. The van der Waals surface area contributed by atoms with Crippen LogP contribution >= 0.6 is 15.9 Å². The monoisotopic (exact) mass is 353 g/mol. The van der Waals surface area contributed by atoms with Gasteiger partial charge in [-0.25, -0.2) is 4.79 Å². The van der Waals surface area contributed by atoms with Crippen LogP contribution in [0.3, 0.4) is 0 Å². The van der Waals surface area contributed by atoms with Crippen LogP contribution in [0, 0.1) is 0 Å². The minimum absolute atomic E-state index is 0.159. The van der Waals surface area contributed by atoms with E-state index in [0.717, 1.165) is 35.7 Å². The highest BCUT2D eigenvalue weighted by molar-refractivity contribution is 9.10. The van der Waals surface area contributed by atoms with Crippen molar-refractivity contribution in [2.75, 3.05) is 0 Å². The predicted octanol–water partition coefficient (Wildman–Crippen LogP) is 3.24. The first kappa shape index (κ1) is 16.0. The number of halogens is 1. The van der Waals surface area contributed by atoms with Crippen molar-refractivity contribution in [2.45, 2.75) is 50.5 Å². The van der Waals surface area contributed by atoms with E-state index < -0.39 is 17.4 Å². The number of unbranched alkanes of at least 4 members (excludes halogenated alkanes) is 1. The lowest BCUT2D eigenvalue weighted by molar-refractivity contribution is -0.142. The van der Waals surface area contributed by atoms with Crippen LogP contribution in [0.25, 0.3) is 0 Å². The number of carboxylic acid groups (broad SMARTS) is 1. The molecule has 2 N–H and O–H groups in total. The van der Waals surface area contributed by atoms with Gasteiger partial charge in [0, 0.05) is 4.47 Å². The molecule has 0 aliphatic heterocycles. The number of benzene rings is 1. The molecule has 1 aromatic carbocycles. The molecule has 5 heteroatoms. The summed E-state index contributed by atoms with van der Waals surface area (Å²) in [5.41, 5.74) is 0.434. The lowest BCUT2D eigenvalue weighted by atomic mass is 9.94. The van der Waals surface area contributed by atoms with Crippen LogP contribution < -0.4 is 5.32 Å². The van der Waals surface area contributed by atoms with Gasteiger partial charge < -0.3 is 10.4 Å². The Balaban J connectivity index is 2.08. The highest BCUT2D eigenvalue weighted by atomic mass is 79.9. The summed E-state index contributed by atoms with van der Waals surface area (Å²) in [6, 6.07) is 6.89. The van der Waals surface area contributed by atoms with Crippen LogP contribution in [-0.2, 0) is 15.0 Å². The maximum atomic E-state index is 12.5. The highest BCUT2D eigenvalue weighted by Gasteiger charge is 2.51. The number of carbonyl (C=O) groups excluding carboxylic acids is 1. The molecule has 2 rings (SSSR count). The fraction of sp³-hybridized carbons (Fsp3) is 0.500. The predicted molar refractivity (Wildman–Crippen MR) is 84.1 cm³/mol. The average Bonchev–Trinajstić information content (AvgIpc) is 3.25. The number of aliphatic carboxylic acids is 1.